The van der Waals surface area contributed by atoms with Crippen molar-refractivity contribution in [2.24, 2.45) is 17.8 Å². The van der Waals surface area contributed by atoms with Crippen molar-refractivity contribution in [3.63, 3.8) is 0 Å². The minimum absolute atomic E-state index is 0.104. The SMILES string of the molecule is C=C(C)C(=O)OC12CC3CC(C1)CC(OC(C)(C)C(C)C)(C3)C2. The number of ether oxygens (including phenoxy) is 2. The smallest absolute Gasteiger partial charge is 0.333 e. The lowest BCUT2D eigenvalue weighted by Gasteiger charge is -2.62. The van der Waals surface area contributed by atoms with Gasteiger partial charge in [-0.25, -0.2) is 4.79 Å². The Morgan fingerprint density at radius 2 is 1.65 bits per heavy atom. The lowest BCUT2D eigenvalue weighted by atomic mass is 9.52. The second kappa shape index (κ2) is 5.34. The van der Waals surface area contributed by atoms with Crippen LogP contribution in [0.2, 0.25) is 0 Å². The van der Waals surface area contributed by atoms with Gasteiger partial charge in [0.15, 0.2) is 0 Å². The Hall–Kier alpha value is -0.830. The predicted octanol–water partition coefficient (Wildman–Crippen LogP) is 4.65. The monoisotopic (exact) mass is 320 g/mol. The highest BCUT2D eigenvalue weighted by atomic mass is 16.6. The molecule has 130 valence electrons. The summed E-state index contributed by atoms with van der Waals surface area (Å²) in [6, 6.07) is 0. The lowest BCUT2D eigenvalue weighted by molar-refractivity contribution is -0.265. The Kier molecular flexibility index (Phi) is 3.95. The van der Waals surface area contributed by atoms with Crippen LogP contribution in [0.25, 0.3) is 0 Å². The summed E-state index contributed by atoms with van der Waals surface area (Å²) in [5.41, 5.74) is -0.0655. The third-order valence-corrected chi connectivity index (χ3v) is 6.48. The zero-order chi connectivity index (χ0) is 17.0. The molecule has 4 fully saturated rings. The second-order valence-electron chi connectivity index (χ2n) is 9.36. The van der Waals surface area contributed by atoms with E-state index in [0.29, 0.717) is 23.3 Å². The fourth-order valence-electron chi connectivity index (χ4n) is 5.29. The molecule has 3 nitrogen and oxygen atoms in total. The Morgan fingerprint density at radius 3 is 2.13 bits per heavy atom. The molecule has 4 bridgehead atoms. The van der Waals surface area contributed by atoms with Gasteiger partial charge >= 0.3 is 5.97 Å². The molecule has 4 rings (SSSR count). The normalized spacial score (nSPS) is 38.9. The van der Waals surface area contributed by atoms with Crippen LogP contribution < -0.4 is 0 Å². The molecule has 0 aliphatic heterocycles. The van der Waals surface area contributed by atoms with Gasteiger partial charge < -0.3 is 9.47 Å². The van der Waals surface area contributed by atoms with Crippen molar-refractivity contribution in [2.45, 2.75) is 89.9 Å². The van der Waals surface area contributed by atoms with Gasteiger partial charge in [0.1, 0.15) is 5.60 Å². The minimum Gasteiger partial charge on any atom is -0.456 e. The van der Waals surface area contributed by atoms with Crippen LogP contribution in [0.3, 0.4) is 0 Å². The van der Waals surface area contributed by atoms with Gasteiger partial charge in [-0.05, 0) is 70.6 Å². The van der Waals surface area contributed by atoms with Crippen LogP contribution in [0.5, 0.6) is 0 Å². The van der Waals surface area contributed by atoms with Gasteiger partial charge in [-0.15, -0.1) is 0 Å². The Bertz CT molecular complexity index is 503. The average Bonchev–Trinajstić information content (AvgIpc) is 2.34. The first kappa shape index (κ1) is 17.0. The van der Waals surface area contributed by atoms with E-state index in [1.807, 2.05) is 0 Å². The van der Waals surface area contributed by atoms with Crippen molar-refractivity contribution in [1.82, 2.24) is 0 Å². The van der Waals surface area contributed by atoms with E-state index in [1.54, 1.807) is 6.92 Å². The molecule has 0 heterocycles. The summed E-state index contributed by atoms with van der Waals surface area (Å²) in [6.07, 6.45) is 6.42. The molecule has 4 aliphatic rings. The molecule has 0 amide bonds. The van der Waals surface area contributed by atoms with E-state index >= 15 is 0 Å². The van der Waals surface area contributed by atoms with E-state index < -0.39 is 0 Å². The Labute approximate surface area is 140 Å². The molecule has 23 heavy (non-hydrogen) atoms. The average molecular weight is 320 g/mol. The first-order valence-electron chi connectivity index (χ1n) is 9.14. The van der Waals surface area contributed by atoms with E-state index in [1.165, 1.54) is 6.42 Å². The minimum atomic E-state index is -0.312. The Morgan fingerprint density at radius 1 is 1.13 bits per heavy atom. The second-order valence-corrected chi connectivity index (χ2v) is 9.36. The zero-order valence-corrected chi connectivity index (χ0v) is 15.4. The largest absolute Gasteiger partial charge is 0.456 e. The van der Waals surface area contributed by atoms with Gasteiger partial charge in [-0.2, -0.15) is 0 Å². The number of hydrogen-bond acceptors (Lipinski definition) is 3. The first-order chi connectivity index (χ1) is 10.5. The molecule has 0 aromatic rings. The summed E-state index contributed by atoms with van der Waals surface area (Å²) >= 11 is 0. The molecule has 2 unspecified atom stereocenters. The number of esters is 1. The quantitative estimate of drug-likeness (QED) is 0.546. The topological polar surface area (TPSA) is 35.5 Å². The molecule has 4 aliphatic carbocycles. The lowest BCUT2D eigenvalue weighted by Crippen LogP contribution is -2.63. The summed E-state index contributed by atoms with van der Waals surface area (Å²) in [6.45, 7) is 14.3. The molecule has 0 saturated heterocycles. The van der Waals surface area contributed by atoms with Crippen LogP contribution in [0.1, 0.15) is 73.1 Å². The molecular formula is C20H32O3. The molecule has 0 spiro atoms. The maximum absolute atomic E-state index is 12.2. The van der Waals surface area contributed by atoms with E-state index in [-0.39, 0.29) is 22.8 Å². The molecule has 0 aromatic heterocycles. The van der Waals surface area contributed by atoms with Crippen LogP contribution in [-0.2, 0) is 14.3 Å². The van der Waals surface area contributed by atoms with Crippen molar-refractivity contribution in [3.8, 4) is 0 Å². The van der Waals surface area contributed by atoms with E-state index in [0.717, 1.165) is 32.1 Å². The summed E-state index contributed by atoms with van der Waals surface area (Å²) < 4.78 is 12.7. The molecule has 2 atom stereocenters. The fourth-order valence-corrected chi connectivity index (χ4v) is 5.29. The highest BCUT2D eigenvalue weighted by Gasteiger charge is 2.61. The highest BCUT2D eigenvalue weighted by molar-refractivity contribution is 5.87. The van der Waals surface area contributed by atoms with Crippen LogP contribution in [0.15, 0.2) is 12.2 Å². The number of hydrogen-bond donors (Lipinski definition) is 0. The van der Waals surface area contributed by atoms with Crippen LogP contribution in [-0.4, -0.2) is 22.8 Å². The molecule has 3 heteroatoms. The standard InChI is InChI=1S/C20H32O3/c1-13(2)17(21)22-19-8-15-7-16(9-19)11-20(10-15,12-19)23-18(5,6)14(3)4/h14-16H,1,7-12H2,2-6H3. The van der Waals surface area contributed by atoms with E-state index in [9.17, 15) is 4.79 Å². The van der Waals surface area contributed by atoms with E-state index in [4.69, 9.17) is 9.47 Å². The fraction of sp³-hybridized carbons (Fsp3) is 0.850. The van der Waals surface area contributed by atoms with Gasteiger partial charge in [-0.1, -0.05) is 20.4 Å². The van der Waals surface area contributed by atoms with Gasteiger partial charge in [-0.3, -0.25) is 0 Å². The molecular weight excluding hydrogens is 288 g/mol. The van der Waals surface area contributed by atoms with Crippen LogP contribution in [0.4, 0.5) is 0 Å². The van der Waals surface area contributed by atoms with Crippen LogP contribution in [0, 0.1) is 17.8 Å². The van der Waals surface area contributed by atoms with Crippen molar-refractivity contribution in [1.29, 1.82) is 0 Å². The first-order valence-corrected chi connectivity index (χ1v) is 9.14. The van der Waals surface area contributed by atoms with Crippen molar-refractivity contribution < 1.29 is 14.3 Å². The predicted molar refractivity (Wildman–Crippen MR) is 91.1 cm³/mol. The highest BCUT2D eigenvalue weighted by Crippen LogP contribution is 2.61. The van der Waals surface area contributed by atoms with Gasteiger partial charge in [0, 0.05) is 12.0 Å². The molecule has 0 radical (unpaired) electrons. The van der Waals surface area contributed by atoms with Crippen molar-refractivity contribution >= 4 is 5.97 Å². The maximum atomic E-state index is 12.2. The number of carbonyl (C=O) groups is 1. The third-order valence-electron chi connectivity index (χ3n) is 6.48. The molecule has 0 N–H and O–H groups in total. The maximum Gasteiger partial charge on any atom is 0.333 e. The summed E-state index contributed by atoms with van der Waals surface area (Å²) in [5, 5.41) is 0. The van der Waals surface area contributed by atoms with Crippen molar-refractivity contribution in [3.05, 3.63) is 12.2 Å². The van der Waals surface area contributed by atoms with Gasteiger partial charge in [0.25, 0.3) is 0 Å². The molecule has 4 saturated carbocycles. The van der Waals surface area contributed by atoms with Crippen LogP contribution >= 0.6 is 0 Å². The number of rotatable bonds is 5. The Balaban J connectivity index is 1.84. The summed E-state index contributed by atoms with van der Waals surface area (Å²) in [5.74, 6) is 1.50. The summed E-state index contributed by atoms with van der Waals surface area (Å²) in [4.78, 5) is 12.2. The van der Waals surface area contributed by atoms with Crippen molar-refractivity contribution in [2.75, 3.05) is 0 Å². The number of carbonyl (C=O) groups excluding carboxylic acids is 1. The summed E-state index contributed by atoms with van der Waals surface area (Å²) in [7, 11) is 0. The third kappa shape index (κ3) is 3.09. The van der Waals surface area contributed by atoms with E-state index in [2.05, 4.69) is 34.3 Å². The van der Waals surface area contributed by atoms with Gasteiger partial charge in [0.2, 0.25) is 0 Å². The van der Waals surface area contributed by atoms with Gasteiger partial charge in [0.05, 0.1) is 11.2 Å². The molecule has 0 aromatic carbocycles. The zero-order valence-electron chi connectivity index (χ0n) is 15.4.